The second-order valence-corrected chi connectivity index (χ2v) is 6.56. The molecule has 5 heteroatoms. The number of amides is 1. The van der Waals surface area contributed by atoms with Gasteiger partial charge in [-0.15, -0.1) is 0 Å². The van der Waals surface area contributed by atoms with Crippen LogP contribution in [0, 0.1) is 26.7 Å². The summed E-state index contributed by atoms with van der Waals surface area (Å²) in [7, 11) is 0. The monoisotopic (exact) mass is 300 g/mol. The van der Waals surface area contributed by atoms with E-state index in [4.69, 9.17) is 0 Å². The van der Waals surface area contributed by atoms with E-state index in [0.717, 1.165) is 43.0 Å². The fourth-order valence-electron chi connectivity index (χ4n) is 3.30. The quantitative estimate of drug-likeness (QED) is 0.813. The first-order chi connectivity index (χ1) is 10.5. The maximum atomic E-state index is 13.0. The Morgan fingerprint density at radius 1 is 1.23 bits per heavy atom. The van der Waals surface area contributed by atoms with Crippen molar-refractivity contribution in [2.45, 2.75) is 47.0 Å². The SMILES string of the molecule is Cc1cc(C)n2nc(C)c(C(=O)N3CCC[C@H](C)CC3)c2n1. The van der Waals surface area contributed by atoms with Gasteiger partial charge in [0.2, 0.25) is 0 Å². The zero-order valence-corrected chi connectivity index (χ0v) is 13.9. The minimum Gasteiger partial charge on any atom is -0.338 e. The molecule has 2 aromatic heterocycles. The van der Waals surface area contributed by atoms with Crippen LogP contribution in [-0.4, -0.2) is 38.5 Å². The fourth-order valence-corrected chi connectivity index (χ4v) is 3.30. The van der Waals surface area contributed by atoms with Gasteiger partial charge >= 0.3 is 0 Å². The number of fused-ring (bicyclic) bond motifs is 1. The molecule has 0 aromatic carbocycles. The summed E-state index contributed by atoms with van der Waals surface area (Å²) < 4.78 is 1.79. The molecule has 0 radical (unpaired) electrons. The van der Waals surface area contributed by atoms with Crippen LogP contribution in [0.4, 0.5) is 0 Å². The summed E-state index contributed by atoms with van der Waals surface area (Å²) in [5.41, 5.74) is 4.06. The Hall–Kier alpha value is -1.91. The van der Waals surface area contributed by atoms with Gasteiger partial charge in [0.25, 0.3) is 5.91 Å². The van der Waals surface area contributed by atoms with Crippen LogP contribution < -0.4 is 0 Å². The minimum absolute atomic E-state index is 0.0825. The number of rotatable bonds is 1. The van der Waals surface area contributed by atoms with Crippen LogP contribution in [0.15, 0.2) is 6.07 Å². The fraction of sp³-hybridized carbons (Fsp3) is 0.588. The first kappa shape index (κ1) is 15.0. The predicted molar refractivity (Wildman–Crippen MR) is 86.1 cm³/mol. The van der Waals surface area contributed by atoms with Crippen LogP contribution in [0.2, 0.25) is 0 Å². The van der Waals surface area contributed by atoms with E-state index in [1.54, 1.807) is 4.52 Å². The van der Waals surface area contributed by atoms with Crippen LogP contribution in [0.25, 0.3) is 5.65 Å². The molecule has 0 saturated carbocycles. The van der Waals surface area contributed by atoms with Crippen molar-refractivity contribution in [3.8, 4) is 0 Å². The molecule has 22 heavy (non-hydrogen) atoms. The summed E-state index contributed by atoms with van der Waals surface area (Å²) in [6, 6.07) is 1.99. The van der Waals surface area contributed by atoms with Crippen molar-refractivity contribution in [1.82, 2.24) is 19.5 Å². The van der Waals surface area contributed by atoms with E-state index in [1.807, 2.05) is 31.7 Å². The summed E-state index contributed by atoms with van der Waals surface area (Å²) in [4.78, 5) is 19.6. The Bertz CT molecular complexity index is 719. The van der Waals surface area contributed by atoms with Crippen molar-refractivity contribution in [3.63, 3.8) is 0 Å². The summed E-state index contributed by atoms with van der Waals surface area (Å²) in [6.07, 6.45) is 3.36. The normalized spacial score (nSPS) is 19.5. The average molecular weight is 300 g/mol. The smallest absolute Gasteiger partial charge is 0.259 e. The first-order valence-corrected chi connectivity index (χ1v) is 8.10. The standard InChI is InChI=1S/C17H24N4O/c1-11-6-5-8-20(9-7-11)17(22)15-14(4)19-21-13(3)10-12(2)18-16(15)21/h10-11H,5-9H2,1-4H3/t11-/m0/s1. The summed E-state index contributed by atoms with van der Waals surface area (Å²) in [5.74, 6) is 0.782. The van der Waals surface area contributed by atoms with Gasteiger partial charge in [-0.2, -0.15) is 5.10 Å². The average Bonchev–Trinajstić information content (AvgIpc) is 2.64. The topological polar surface area (TPSA) is 50.5 Å². The number of hydrogen-bond acceptors (Lipinski definition) is 3. The van der Waals surface area contributed by atoms with Crippen molar-refractivity contribution >= 4 is 11.6 Å². The van der Waals surface area contributed by atoms with Crippen LogP contribution in [-0.2, 0) is 0 Å². The maximum absolute atomic E-state index is 13.0. The second-order valence-electron chi connectivity index (χ2n) is 6.56. The summed E-state index contributed by atoms with van der Waals surface area (Å²) in [5, 5.41) is 4.51. The van der Waals surface area contributed by atoms with Gasteiger partial charge < -0.3 is 4.90 Å². The molecule has 118 valence electrons. The van der Waals surface area contributed by atoms with Crippen molar-refractivity contribution in [3.05, 3.63) is 28.7 Å². The third-order valence-electron chi connectivity index (χ3n) is 4.59. The van der Waals surface area contributed by atoms with E-state index in [9.17, 15) is 4.79 Å². The van der Waals surface area contributed by atoms with Gasteiger partial charge in [0.05, 0.1) is 5.69 Å². The Balaban J connectivity index is 2.02. The second kappa shape index (κ2) is 5.71. The van der Waals surface area contributed by atoms with E-state index in [-0.39, 0.29) is 5.91 Å². The van der Waals surface area contributed by atoms with Gasteiger partial charge in [-0.3, -0.25) is 4.79 Å². The van der Waals surface area contributed by atoms with Crippen molar-refractivity contribution in [1.29, 1.82) is 0 Å². The molecule has 1 amide bonds. The highest BCUT2D eigenvalue weighted by Crippen LogP contribution is 2.22. The number of likely N-dealkylation sites (tertiary alicyclic amines) is 1. The molecule has 3 rings (SSSR count). The molecule has 1 aliphatic heterocycles. The molecule has 3 heterocycles. The molecule has 0 spiro atoms. The third-order valence-corrected chi connectivity index (χ3v) is 4.59. The van der Waals surface area contributed by atoms with E-state index in [2.05, 4.69) is 17.0 Å². The summed E-state index contributed by atoms with van der Waals surface area (Å²) >= 11 is 0. The molecule has 1 fully saturated rings. The highest BCUT2D eigenvalue weighted by Gasteiger charge is 2.26. The van der Waals surface area contributed by atoms with E-state index < -0.39 is 0 Å². The number of nitrogens with zero attached hydrogens (tertiary/aromatic N) is 4. The molecular weight excluding hydrogens is 276 g/mol. The Morgan fingerprint density at radius 2 is 2.00 bits per heavy atom. The minimum atomic E-state index is 0.0825. The number of carbonyl (C=O) groups excluding carboxylic acids is 1. The molecular formula is C17H24N4O. The van der Waals surface area contributed by atoms with Gasteiger partial charge in [0.15, 0.2) is 5.65 Å². The molecule has 2 aromatic rings. The molecule has 1 saturated heterocycles. The molecule has 5 nitrogen and oxygen atoms in total. The zero-order chi connectivity index (χ0) is 15.9. The number of aromatic nitrogens is 3. The molecule has 0 bridgehead atoms. The van der Waals surface area contributed by atoms with Gasteiger partial charge in [0.1, 0.15) is 5.56 Å². The van der Waals surface area contributed by atoms with Crippen molar-refractivity contribution < 1.29 is 4.79 Å². The summed E-state index contributed by atoms with van der Waals surface area (Å²) in [6.45, 7) is 9.79. The van der Waals surface area contributed by atoms with Crippen molar-refractivity contribution in [2.24, 2.45) is 5.92 Å². The molecule has 1 aliphatic rings. The van der Waals surface area contributed by atoms with Crippen LogP contribution in [0.5, 0.6) is 0 Å². The van der Waals surface area contributed by atoms with Gasteiger partial charge in [-0.05, 0) is 52.0 Å². The lowest BCUT2D eigenvalue weighted by atomic mass is 10.0. The van der Waals surface area contributed by atoms with E-state index >= 15 is 0 Å². The van der Waals surface area contributed by atoms with Crippen molar-refractivity contribution in [2.75, 3.05) is 13.1 Å². The third kappa shape index (κ3) is 2.60. The Morgan fingerprint density at radius 3 is 2.77 bits per heavy atom. The first-order valence-electron chi connectivity index (χ1n) is 8.10. The number of carbonyl (C=O) groups is 1. The van der Waals surface area contributed by atoms with E-state index in [0.29, 0.717) is 17.1 Å². The van der Waals surface area contributed by atoms with Gasteiger partial charge in [-0.1, -0.05) is 6.92 Å². The number of aryl methyl sites for hydroxylation is 3. The highest BCUT2D eigenvalue weighted by molar-refractivity contribution is 6.01. The lowest BCUT2D eigenvalue weighted by molar-refractivity contribution is 0.0761. The lowest BCUT2D eigenvalue weighted by Gasteiger charge is -2.20. The van der Waals surface area contributed by atoms with Crippen LogP contribution in [0.3, 0.4) is 0 Å². The Labute approximate surface area is 131 Å². The molecule has 0 unspecified atom stereocenters. The predicted octanol–water partition coefficient (Wildman–Crippen LogP) is 2.92. The largest absolute Gasteiger partial charge is 0.338 e. The van der Waals surface area contributed by atoms with Crippen LogP contribution >= 0.6 is 0 Å². The number of hydrogen-bond donors (Lipinski definition) is 0. The molecule has 1 atom stereocenters. The molecule has 0 aliphatic carbocycles. The maximum Gasteiger partial charge on any atom is 0.259 e. The van der Waals surface area contributed by atoms with E-state index in [1.165, 1.54) is 6.42 Å². The zero-order valence-electron chi connectivity index (χ0n) is 13.9. The van der Waals surface area contributed by atoms with Crippen LogP contribution in [0.1, 0.15) is 53.6 Å². The Kier molecular flexibility index (Phi) is 3.89. The molecule has 0 N–H and O–H groups in total. The highest BCUT2D eigenvalue weighted by atomic mass is 16.2. The van der Waals surface area contributed by atoms with Gasteiger partial charge in [0, 0.05) is 24.5 Å². The lowest BCUT2D eigenvalue weighted by Crippen LogP contribution is -2.32. The van der Waals surface area contributed by atoms with Gasteiger partial charge in [-0.25, -0.2) is 9.50 Å².